The number of aliphatic hydroxyl groups is 1. The third-order valence-electron chi connectivity index (χ3n) is 2.56. The van der Waals surface area contributed by atoms with Gasteiger partial charge in [-0.05, 0) is 44.1 Å². The molecule has 2 nitrogen and oxygen atoms in total. The van der Waals surface area contributed by atoms with Gasteiger partial charge in [0.1, 0.15) is 0 Å². The largest absolute Gasteiger partial charge is 0.396 e. The molecule has 1 aliphatic carbocycles. The van der Waals surface area contributed by atoms with Crippen LogP contribution in [0.5, 0.6) is 0 Å². The van der Waals surface area contributed by atoms with Crippen LogP contribution < -0.4 is 5.73 Å². The molecule has 0 bridgehead atoms. The summed E-state index contributed by atoms with van der Waals surface area (Å²) >= 11 is 0. The van der Waals surface area contributed by atoms with Crippen molar-refractivity contribution in [3.8, 4) is 0 Å². The highest BCUT2D eigenvalue weighted by Crippen LogP contribution is 2.27. The summed E-state index contributed by atoms with van der Waals surface area (Å²) in [7, 11) is 0. The van der Waals surface area contributed by atoms with Gasteiger partial charge in [0.2, 0.25) is 0 Å². The number of aliphatic hydroxyl groups excluding tert-OH is 1. The lowest BCUT2D eigenvalue weighted by Crippen LogP contribution is -2.22. The van der Waals surface area contributed by atoms with Gasteiger partial charge < -0.3 is 10.8 Å². The fourth-order valence-electron chi connectivity index (χ4n) is 1.65. The van der Waals surface area contributed by atoms with Crippen molar-refractivity contribution < 1.29 is 5.11 Å². The lowest BCUT2D eigenvalue weighted by atomic mass is 9.82. The molecule has 1 aliphatic rings. The molecule has 0 aromatic heterocycles. The minimum Gasteiger partial charge on any atom is -0.396 e. The van der Waals surface area contributed by atoms with Crippen LogP contribution in [0.1, 0.15) is 25.7 Å². The van der Waals surface area contributed by atoms with Crippen molar-refractivity contribution in [3.63, 3.8) is 0 Å². The van der Waals surface area contributed by atoms with E-state index in [0.717, 1.165) is 12.5 Å². The van der Waals surface area contributed by atoms with Gasteiger partial charge in [0.15, 0.2) is 0 Å². The molecular weight excluding hydrogens is 126 g/mol. The average Bonchev–Trinajstić information content (AvgIpc) is 2.05. The summed E-state index contributed by atoms with van der Waals surface area (Å²) in [6.07, 6.45) is 4.81. The summed E-state index contributed by atoms with van der Waals surface area (Å²) < 4.78 is 0. The highest BCUT2D eigenvalue weighted by atomic mass is 16.3. The van der Waals surface area contributed by atoms with Crippen molar-refractivity contribution in [2.24, 2.45) is 17.6 Å². The molecule has 0 heterocycles. The van der Waals surface area contributed by atoms with Crippen LogP contribution in [0.3, 0.4) is 0 Å². The van der Waals surface area contributed by atoms with Gasteiger partial charge in [-0.15, -0.1) is 0 Å². The van der Waals surface area contributed by atoms with Crippen LogP contribution in [0.25, 0.3) is 0 Å². The summed E-state index contributed by atoms with van der Waals surface area (Å²) in [4.78, 5) is 0. The zero-order chi connectivity index (χ0) is 7.40. The predicted octanol–water partition coefficient (Wildman–Crippen LogP) is 0.744. The van der Waals surface area contributed by atoms with Crippen LogP contribution in [-0.2, 0) is 0 Å². The Morgan fingerprint density at radius 3 is 2.00 bits per heavy atom. The molecule has 0 aliphatic heterocycles. The summed E-state index contributed by atoms with van der Waals surface area (Å²) in [5.41, 5.74) is 5.53. The molecule has 1 rings (SSSR count). The molecule has 10 heavy (non-hydrogen) atoms. The van der Waals surface area contributed by atoms with Crippen LogP contribution in [0, 0.1) is 11.8 Å². The lowest BCUT2D eigenvalue weighted by molar-refractivity contribution is 0.169. The van der Waals surface area contributed by atoms with Crippen LogP contribution in [-0.4, -0.2) is 18.3 Å². The molecule has 0 atom stereocenters. The first-order chi connectivity index (χ1) is 4.86. The van der Waals surface area contributed by atoms with Crippen molar-refractivity contribution in [1.82, 2.24) is 0 Å². The van der Waals surface area contributed by atoms with E-state index in [0.29, 0.717) is 12.5 Å². The standard InChI is InChI=1S/C8H17NO/c9-5-7-1-3-8(6-10)4-2-7/h7-8,10H,1-6,9H2. The molecule has 0 aromatic rings. The molecular formula is C8H17NO. The number of nitrogens with two attached hydrogens (primary N) is 1. The third-order valence-corrected chi connectivity index (χ3v) is 2.56. The maximum Gasteiger partial charge on any atom is 0.0459 e. The Morgan fingerprint density at radius 2 is 1.60 bits per heavy atom. The van der Waals surface area contributed by atoms with Crippen molar-refractivity contribution in [2.75, 3.05) is 13.2 Å². The van der Waals surface area contributed by atoms with E-state index in [1.54, 1.807) is 0 Å². The Hall–Kier alpha value is -0.0800. The van der Waals surface area contributed by atoms with Crippen LogP contribution >= 0.6 is 0 Å². The van der Waals surface area contributed by atoms with Gasteiger partial charge in [-0.3, -0.25) is 0 Å². The van der Waals surface area contributed by atoms with Crippen molar-refractivity contribution in [3.05, 3.63) is 0 Å². The van der Waals surface area contributed by atoms with Crippen molar-refractivity contribution >= 4 is 0 Å². The highest BCUT2D eigenvalue weighted by Gasteiger charge is 2.18. The summed E-state index contributed by atoms with van der Waals surface area (Å²) in [6.45, 7) is 1.20. The van der Waals surface area contributed by atoms with Crippen LogP contribution in [0.15, 0.2) is 0 Å². The second-order valence-corrected chi connectivity index (χ2v) is 3.31. The fourth-order valence-corrected chi connectivity index (χ4v) is 1.65. The summed E-state index contributed by atoms with van der Waals surface area (Å²) in [5.74, 6) is 1.31. The molecule has 0 radical (unpaired) electrons. The minimum atomic E-state index is 0.372. The molecule has 0 unspecified atom stereocenters. The number of hydrogen-bond acceptors (Lipinski definition) is 2. The Kier molecular flexibility index (Phi) is 3.16. The molecule has 1 fully saturated rings. The normalized spacial score (nSPS) is 34.2. The first-order valence-corrected chi connectivity index (χ1v) is 4.17. The second-order valence-electron chi connectivity index (χ2n) is 3.31. The van der Waals surface area contributed by atoms with E-state index < -0.39 is 0 Å². The number of hydrogen-bond donors (Lipinski definition) is 2. The Morgan fingerprint density at radius 1 is 1.10 bits per heavy atom. The fraction of sp³-hybridized carbons (Fsp3) is 1.00. The SMILES string of the molecule is NCC1CCC(CO)CC1. The van der Waals surface area contributed by atoms with Crippen LogP contribution in [0.4, 0.5) is 0 Å². The highest BCUT2D eigenvalue weighted by molar-refractivity contribution is 4.71. The third kappa shape index (κ3) is 1.96. The van der Waals surface area contributed by atoms with E-state index >= 15 is 0 Å². The van der Waals surface area contributed by atoms with E-state index in [-0.39, 0.29) is 0 Å². The monoisotopic (exact) mass is 143 g/mol. The molecule has 3 N–H and O–H groups in total. The van der Waals surface area contributed by atoms with E-state index in [2.05, 4.69) is 0 Å². The topological polar surface area (TPSA) is 46.2 Å². The Labute approximate surface area is 62.4 Å². The first kappa shape index (κ1) is 8.02. The molecule has 0 spiro atoms. The molecule has 0 aromatic carbocycles. The van der Waals surface area contributed by atoms with Gasteiger partial charge in [-0.1, -0.05) is 0 Å². The van der Waals surface area contributed by atoms with Gasteiger partial charge in [0.25, 0.3) is 0 Å². The minimum absolute atomic E-state index is 0.372. The average molecular weight is 143 g/mol. The lowest BCUT2D eigenvalue weighted by Gasteiger charge is -2.25. The quantitative estimate of drug-likeness (QED) is 0.599. The van der Waals surface area contributed by atoms with Gasteiger partial charge in [0, 0.05) is 6.61 Å². The second kappa shape index (κ2) is 3.94. The van der Waals surface area contributed by atoms with E-state index in [1.807, 2.05) is 0 Å². The van der Waals surface area contributed by atoms with E-state index in [1.165, 1.54) is 25.7 Å². The van der Waals surface area contributed by atoms with Crippen LogP contribution in [0.2, 0.25) is 0 Å². The van der Waals surface area contributed by atoms with Crippen molar-refractivity contribution in [2.45, 2.75) is 25.7 Å². The molecule has 0 saturated heterocycles. The maximum atomic E-state index is 8.82. The van der Waals surface area contributed by atoms with E-state index in [9.17, 15) is 0 Å². The molecule has 1 saturated carbocycles. The Bertz CT molecular complexity index is 75.3. The maximum absolute atomic E-state index is 8.82. The van der Waals surface area contributed by atoms with Gasteiger partial charge in [-0.2, -0.15) is 0 Å². The van der Waals surface area contributed by atoms with Gasteiger partial charge >= 0.3 is 0 Å². The zero-order valence-corrected chi connectivity index (χ0v) is 6.42. The summed E-state index contributed by atoms with van der Waals surface area (Å²) in [6, 6.07) is 0. The van der Waals surface area contributed by atoms with Gasteiger partial charge in [-0.25, -0.2) is 0 Å². The Balaban J connectivity index is 2.17. The zero-order valence-electron chi connectivity index (χ0n) is 6.42. The molecule has 2 heteroatoms. The predicted molar refractivity (Wildman–Crippen MR) is 41.6 cm³/mol. The van der Waals surface area contributed by atoms with Gasteiger partial charge in [0.05, 0.1) is 0 Å². The molecule has 0 amide bonds. The van der Waals surface area contributed by atoms with E-state index in [4.69, 9.17) is 10.8 Å². The summed E-state index contributed by atoms with van der Waals surface area (Å²) in [5, 5.41) is 8.82. The smallest absolute Gasteiger partial charge is 0.0459 e. The number of rotatable bonds is 2. The molecule has 60 valence electrons. The first-order valence-electron chi connectivity index (χ1n) is 4.17. The van der Waals surface area contributed by atoms with Crippen molar-refractivity contribution in [1.29, 1.82) is 0 Å².